The largest absolute Gasteiger partial charge is 0.480 e. The van der Waals surface area contributed by atoms with E-state index in [1.54, 1.807) is 0 Å². The average Bonchev–Trinajstić information content (AvgIpc) is 3.17. The molecule has 0 aromatic carbocycles. The summed E-state index contributed by atoms with van der Waals surface area (Å²) in [6, 6.07) is 0. The molecule has 0 spiro atoms. The molecule has 0 saturated carbocycles. The third-order valence-corrected chi connectivity index (χ3v) is 9.60. The van der Waals surface area contributed by atoms with Crippen LogP contribution in [0, 0.1) is 0 Å². The monoisotopic (exact) mass is 766 g/mol. The highest BCUT2D eigenvalue weighted by molar-refractivity contribution is 5.80. The first-order chi connectivity index (χ1) is 27.0. The van der Waals surface area contributed by atoms with E-state index in [2.05, 4.69) is 92.1 Å². The van der Waals surface area contributed by atoms with Crippen molar-refractivity contribution in [3.8, 4) is 0 Å². The molecule has 0 saturated heterocycles. The number of carbonyl (C=O) groups is 3. The van der Waals surface area contributed by atoms with Crippen molar-refractivity contribution in [2.75, 3.05) is 6.54 Å². The van der Waals surface area contributed by atoms with Crippen molar-refractivity contribution in [1.29, 1.82) is 0 Å². The number of hydrogen-bond acceptors (Lipinski definition) is 4. The summed E-state index contributed by atoms with van der Waals surface area (Å²) in [4.78, 5) is 35.0. The predicted molar refractivity (Wildman–Crippen MR) is 235 cm³/mol. The first-order valence-corrected chi connectivity index (χ1v) is 22.6. The number of rotatable bonds is 40. The molecule has 1 atom stereocenters. The zero-order valence-electron chi connectivity index (χ0n) is 35.5. The molecule has 314 valence electrons. The Morgan fingerprint density at radius 3 is 1.47 bits per heavy atom. The number of nitrogens with one attached hydrogen (secondary N) is 1. The maximum Gasteiger partial charge on any atom is 0.322 e. The van der Waals surface area contributed by atoms with Crippen molar-refractivity contribution < 1.29 is 24.2 Å². The molecule has 1 unspecified atom stereocenters. The molecule has 0 aliphatic carbocycles. The lowest BCUT2D eigenvalue weighted by Crippen LogP contribution is -2.28. The van der Waals surface area contributed by atoms with Crippen LogP contribution >= 0.6 is 0 Å². The minimum absolute atomic E-state index is 0.0659. The van der Waals surface area contributed by atoms with Gasteiger partial charge in [0.15, 0.2) is 0 Å². The van der Waals surface area contributed by atoms with Crippen LogP contribution in [0.5, 0.6) is 0 Å². The Morgan fingerprint density at radius 2 is 0.945 bits per heavy atom. The third-order valence-electron chi connectivity index (χ3n) is 9.60. The number of aliphatic carboxylic acids is 1. The summed E-state index contributed by atoms with van der Waals surface area (Å²) in [7, 11) is 0. The van der Waals surface area contributed by atoms with Gasteiger partial charge in [0.2, 0.25) is 5.91 Å². The van der Waals surface area contributed by atoms with Crippen LogP contribution in [0.4, 0.5) is 0 Å². The number of carbonyl (C=O) groups excluding carboxylic acids is 2. The summed E-state index contributed by atoms with van der Waals surface area (Å²) in [5.41, 5.74) is 0. The fourth-order valence-corrected chi connectivity index (χ4v) is 6.27. The summed E-state index contributed by atoms with van der Waals surface area (Å²) in [6.45, 7) is 4.10. The number of allylic oxidation sites excluding steroid dienone is 11. The maximum atomic E-state index is 12.7. The van der Waals surface area contributed by atoms with Crippen molar-refractivity contribution in [2.24, 2.45) is 0 Å². The zero-order chi connectivity index (χ0) is 40.1. The Labute approximate surface area is 338 Å². The lowest BCUT2D eigenvalue weighted by molar-refractivity contribution is -0.147. The SMILES string of the molecule is CC/C=C\C/C=C\C/C=C\C/C=C\C/C=C\CCCCCCCCCC(=O)OC(/C=C\CCCCCCCCC)CCCCCCCCC(=O)NCC(=O)O. The topological polar surface area (TPSA) is 92.7 Å². The van der Waals surface area contributed by atoms with E-state index in [0.29, 0.717) is 12.8 Å². The van der Waals surface area contributed by atoms with Gasteiger partial charge in [-0.05, 0) is 89.5 Å². The fraction of sp³-hybridized carbons (Fsp3) is 0.694. The number of hydrogen-bond donors (Lipinski definition) is 2. The lowest BCUT2D eigenvalue weighted by atomic mass is 10.0. The van der Waals surface area contributed by atoms with E-state index >= 15 is 0 Å². The highest BCUT2D eigenvalue weighted by Gasteiger charge is 2.11. The van der Waals surface area contributed by atoms with E-state index in [4.69, 9.17) is 9.84 Å². The first-order valence-electron chi connectivity index (χ1n) is 22.6. The predicted octanol–water partition coefficient (Wildman–Crippen LogP) is 14.2. The fourth-order valence-electron chi connectivity index (χ4n) is 6.27. The molecule has 0 aromatic rings. The highest BCUT2D eigenvalue weighted by atomic mass is 16.5. The standard InChI is InChI=1S/C49H83NO5/c1-3-5-7-9-11-13-14-15-16-17-18-19-20-21-22-23-24-25-26-28-30-36-40-44-49(54)55-46(41-37-33-29-27-12-10-8-6-4-2)42-38-34-31-32-35-39-43-47(51)50-45-48(52)53/h5,7,11,13,15-16,18-19,21-22,37,41,46H,3-4,6,8-10,12,14,17,20,23-36,38-40,42-45H2,1-2H3,(H,50,51)(H,52,53)/b7-5-,13-11-,16-15-,19-18-,22-21-,41-37-. The van der Waals surface area contributed by atoms with Crippen molar-refractivity contribution in [1.82, 2.24) is 5.32 Å². The normalized spacial score (nSPS) is 12.8. The Balaban J connectivity index is 4.10. The van der Waals surface area contributed by atoms with Crippen molar-refractivity contribution in [3.05, 3.63) is 72.9 Å². The van der Waals surface area contributed by atoms with Gasteiger partial charge in [-0.1, -0.05) is 177 Å². The molecule has 0 bridgehead atoms. The number of unbranched alkanes of at least 4 members (excludes halogenated alkanes) is 19. The molecule has 1 amide bonds. The quantitative estimate of drug-likeness (QED) is 0.0368. The van der Waals surface area contributed by atoms with Gasteiger partial charge in [-0.2, -0.15) is 0 Å². The molecule has 55 heavy (non-hydrogen) atoms. The number of amides is 1. The molecular weight excluding hydrogens is 683 g/mol. The molecule has 6 nitrogen and oxygen atoms in total. The first kappa shape index (κ1) is 51.9. The zero-order valence-corrected chi connectivity index (χ0v) is 35.5. The number of carboxylic acids is 1. The van der Waals surface area contributed by atoms with Crippen LogP contribution in [-0.4, -0.2) is 35.6 Å². The van der Waals surface area contributed by atoms with E-state index < -0.39 is 5.97 Å². The molecule has 0 rings (SSSR count). The second kappa shape index (κ2) is 43.6. The smallest absolute Gasteiger partial charge is 0.322 e. The summed E-state index contributed by atoms with van der Waals surface area (Å²) in [6.07, 6.45) is 59.0. The number of ether oxygens (including phenoxy) is 1. The molecule has 0 heterocycles. The van der Waals surface area contributed by atoms with Crippen LogP contribution in [0.2, 0.25) is 0 Å². The van der Waals surface area contributed by atoms with Gasteiger partial charge in [0.1, 0.15) is 12.6 Å². The van der Waals surface area contributed by atoms with Crippen LogP contribution in [0.3, 0.4) is 0 Å². The molecule has 6 heteroatoms. The summed E-state index contributed by atoms with van der Waals surface area (Å²) in [5.74, 6) is -1.28. The van der Waals surface area contributed by atoms with Gasteiger partial charge in [-0.15, -0.1) is 0 Å². The summed E-state index contributed by atoms with van der Waals surface area (Å²) in [5, 5.41) is 11.1. The van der Waals surface area contributed by atoms with Crippen LogP contribution in [0.1, 0.15) is 206 Å². The van der Waals surface area contributed by atoms with Crippen molar-refractivity contribution >= 4 is 17.8 Å². The molecule has 0 aliphatic heterocycles. The van der Waals surface area contributed by atoms with E-state index in [-0.39, 0.29) is 24.5 Å². The molecule has 0 radical (unpaired) electrons. The number of carboxylic acid groups (broad SMARTS) is 1. The Bertz CT molecular complexity index is 1070. The molecule has 0 fully saturated rings. The third kappa shape index (κ3) is 43.4. The van der Waals surface area contributed by atoms with Crippen LogP contribution in [0.25, 0.3) is 0 Å². The maximum absolute atomic E-state index is 12.7. The van der Waals surface area contributed by atoms with Gasteiger partial charge in [0, 0.05) is 12.8 Å². The molecular formula is C49H83NO5. The van der Waals surface area contributed by atoms with E-state index in [9.17, 15) is 14.4 Å². The van der Waals surface area contributed by atoms with Crippen LogP contribution < -0.4 is 5.32 Å². The van der Waals surface area contributed by atoms with E-state index in [0.717, 1.165) is 103 Å². The molecule has 2 N–H and O–H groups in total. The van der Waals surface area contributed by atoms with Crippen molar-refractivity contribution in [3.63, 3.8) is 0 Å². The van der Waals surface area contributed by atoms with E-state index in [1.165, 1.54) is 77.0 Å². The average molecular weight is 766 g/mol. The summed E-state index contributed by atoms with van der Waals surface area (Å²) < 4.78 is 5.95. The molecule has 0 aromatic heterocycles. The minimum atomic E-state index is -1.02. The van der Waals surface area contributed by atoms with Gasteiger partial charge in [-0.25, -0.2) is 0 Å². The number of esters is 1. The Kier molecular flexibility index (Phi) is 41.1. The van der Waals surface area contributed by atoms with Crippen LogP contribution in [0.15, 0.2) is 72.9 Å². The van der Waals surface area contributed by atoms with Gasteiger partial charge in [0.25, 0.3) is 0 Å². The van der Waals surface area contributed by atoms with Crippen molar-refractivity contribution in [2.45, 2.75) is 213 Å². The lowest BCUT2D eigenvalue weighted by Gasteiger charge is -2.15. The molecule has 0 aliphatic rings. The minimum Gasteiger partial charge on any atom is -0.480 e. The summed E-state index contributed by atoms with van der Waals surface area (Å²) >= 11 is 0. The van der Waals surface area contributed by atoms with Gasteiger partial charge >= 0.3 is 11.9 Å². The highest BCUT2D eigenvalue weighted by Crippen LogP contribution is 2.16. The second-order valence-corrected chi connectivity index (χ2v) is 14.9. The van der Waals surface area contributed by atoms with Gasteiger partial charge in [-0.3, -0.25) is 14.4 Å². The van der Waals surface area contributed by atoms with Crippen LogP contribution in [-0.2, 0) is 19.1 Å². The van der Waals surface area contributed by atoms with E-state index in [1.807, 2.05) is 0 Å². The Morgan fingerprint density at radius 1 is 0.509 bits per heavy atom. The van der Waals surface area contributed by atoms with Gasteiger partial charge in [0.05, 0.1) is 0 Å². The second-order valence-electron chi connectivity index (χ2n) is 14.9. The Hall–Kier alpha value is -3.15. The van der Waals surface area contributed by atoms with Gasteiger partial charge < -0.3 is 15.2 Å².